The van der Waals surface area contributed by atoms with Gasteiger partial charge in [-0.15, -0.1) is 0 Å². The van der Waals surface area contributed by atoms with Gasteiger partial charge >= 0.3 is 0 Å². The molecule has 376 valence electrons. The van der Waals surface area contributed by atoms with Gasteiger partial charge in [-0.05, 0) is 50.4 Å². The molecule has 0 aliphatic carbocycles. The van der Waals surface area contributed by atoms with Gasteiger partial charge in [0.25, 0.3) is 0 Å². The van der Waals surface area contributed by atoms with Crippen LogP contribution in [0.2, 0.25) is 0 Å². The SMILES string of the molecule is C.C.C.CC(C)c1nc(C(C)C)c(C(C)C)[nH]1.CC(C)c1nc(C(C)C)c(C(C)C)o1.CC(C)c1nn(C(C)C)nc1C(C)C.CC(C)c1noc(C(C)C)n1.Cc1cnc(C(C)C)[nH]1. The largest absolute Gasteiger partial charge is 0.445 e. The van der Waals surface area contributed by atoms with E-state index < -0.39 is 0 Å². The maximum absolute atomic E-state index is 5.79. The number of aromatic nitrogens is 10. The highest BCUT2D eigenvalue weighted by atomic mass is 16.5. The summed E-state index contributed by atoms with van der Waals surface area (Å²) in [6.07, 6.45) is 1.86. The molecular formula is C53H102N10O2. The van der Waals surface area contributed by atoms with Gasteiger partial charge in [0.1, 0.15) is 17.4 Å². The quantitative estimate of drug-likeness (QED) is 0.124. The summed E-state index contributed by atoms with van der Waals surface area (Å²) in [5, 5.41) is 12.9. The summed E-state index contributed by atoms with van der Waals surface area (Å²) in [5.74, 6) is 10.5. The first-order valence-corrected chi connectivity index (χ1v) is 23.5. The van der Waals surface area contributed by atoms with Crippen molar-refractivity contribution in [1.29, 1.82) is 0 Å². The molecule has 0 atom stereocenters. The molecule has 0 unspecified atom stereocenters. The number of nitrogens with zero attached hydrogens (tertiary/aromatic N) is 8. The molecule has 0 amide bonds. The summed E-state index contributed by atoms with van der Waals surface area (Å²) in [6.45, 7) is 53.3. The molecule has 0 aromatic carbocycles. The fourth-order valence-corrected chi connectivity index (χ4v) is 5.85. The third kappa shape index (κ3) is 21.0. The molecule has 0 radical (unpaired) electrons. The first-order valence-electron chi connectivity index (χ1n) is 23.5. The molecule has 12 nitrogen and oxygen atoms in total. The maximum Gasteiger partial charge on any atom is 0.229 e. The smallest absolute Gasteiger partial charge is 0.229 e. The van der Waals surface area contributed by atoms with Gasteiger partial charge in [0.05, 0.1) is 28.8 Å². The van der Waals surface area contributed by atoms with Crippen molar-refractivity contribution >= 4 is 0 Å². The van der Waals surface area contributed by atoms with Crippen LogP contribution >= 0.6 is 0 Å². The Bertz CT molecular complexity index is 1710. The highest BCUT2D eigenvalue weighted by Gasteiger charge is 2.21. The number of oxazole rings is 1. The number of nitrogens with one attached hydrogen (secondary N) is 2. The maximum atomic E-state index is 5.79. The van der Waals surface area contributed by atoms with Crippen molar-refractivity contribution in [1.82, 2.24) is 50.1 Å². The van der Waals surface area contributed by atoms with Crippen LogP contribution in [-0.4, -0.2) is 50.1 Å². The second-order valence-electron chi connectivity index (χ2n) is 20.3. The molecule has 0 aliphatic rings. The zero-order chi connectivity index (χ0) is 47.9. The highest BCUT2D eigenvalue weighted by molar-refractivity contribution is 5.22. The summed E-state index contributed by atoms with van der Waals surface area (Å²) in [5.41, 5.74) is 7.11. The van der Waals surface area contributed by atoms with Crippen LogP contribution in [0.4, 0.5) is 0 Å². The minimum atomic E-state index is 0. The standard InChI is InChI=1S/C12H22N2.C12H21NO.C11H21N3.C8H14N2O.C7H12N2.3CH4/c2*1-7(2)10-11(8(3)4)14-12(13-10)9(5)6;1-7(2)10-11(8(3)4)13-14(12-10)9(5)6;1-5(2)7-9-8(6(3)4)11-10-7;1-5(2)7-8-4-6(3)9-7;;;/h7-9H,1-6H3,(H,13,14);2*7-9H,1-6H3;5-6H,1-4H3;4-5H,1-3H3,(H,8,9);3*1H4. The molecule has 12 heteroatoms. The molecular weight excluding hydrogens is 809 g/mol. The minimum Gasteiger partial charge on any atom is -0.445 e. The molecule has 0 spiro atoms. The predicted molar refractivity (Wildman–Crippen MR) is 278 cm³/mol. The number of aryl methyl sites for hydroxylation is 1. The number of hydrogen-bond donors (Lipinski definition) is 2. The molecule has 5 aromatic rings. The summed E-state index contributed by atoms with van der Waals surface area (Å²) in [6, 6.07) is 0.347. The van der Waals surface area contributed by atoms with E-state index in [2.05, 4.69) is 198 Å². The van der Waals surface area contributed by atoms with Crippen molar-refractivity contribution in [3.8, 4) is 0 Å². The second kappa shape index (κ2) is 30.2. The second-order valence-corrected chi connectivity index (χ2v) is 20.3. The Kier molecular flexibility index (Phi) is 30.3. The van der Waals surface area contributed by atoms with E-state index in [1.54, 1.807) is 0 Å². The lowest BCUT2D eigenvalue weighted by atomic mass is 10.0. The number of H-pyrrole nitrogens is 2. The van der Waals surface area contributed by atoms with E-state index in [4.69, 9.17) is 8.94 Å². The van der Waals surface area contributed by atoms with Gasteiger partial charge in [-0.1, -0.05) is 180 Å². The summed E-state index contributed by atoms with van der Waals surface area (Å²) < 4.78 is 10.8. The van der Waals surface area contributed by atoms with E-state index in [0.717, 1.165) is 57.8 Å². The van der Waals surface area contributed by atoms with Gasteiger partial charge in [0.15, 0.2) is 11.7 Å². The van der Waals surface area contributed by atoms with Gasteiger partial charge in [-0.3, -0.25) is 0 Å². The summed E-state index contributed by atoms with van der Waals surface area (Å²) >= 11 is 0. The molecule has 0 bridgehead atoms. The van der Waals surface area contributed by atoms with E-state index in [1.165, 1.54) is 11.4 Å². The zero-order valence-corrected chi connectivity index (χ0v) is 43.9. The van der Waals surface area contributed by atoms with Gasteiger partial charge in [-0.2, -0.15) is 20.0 Å². The Labute approximate surface area is 399 Å². The molecule has 5 aromatic heterocycles. The van der Waals surface area contributed by atoms with Crippen LogP contribution in [-0.2, 0) is 0 Å². The van der Waals surface area contributed by atoms with Crippen molar-refractivity contribution in [2.45, 2.75) is 267 Å². The van der Waals surface area contributed by atoms with Gasteiger partial charge in [0.2, 0.25) is 5.89 Å². The molecule has 0 fully saturated rings. The fourth-order valence-electron chi connectivity index (χ4n) is 5.85. The average molecular weight is 911 g/mol. The first-order chi connectivity index (χ1) is 28.6. The van der Waals surface area contributed by atoms with E-state index in [1.807, 2.05) is 31.8 Å². The van der Waals surface area contributed by atoms with Crippen molar-refractivity contribution < 1.29 is 8.94 Å². The zero-order valence-electron chi connectivity index (χ0n) is 43.9. The predicted octanol–water partition coefficient (Wildman–Crippen LogP) is 17.0. The Hall–Kier alpha value is -4.09. The number of imidazole rings is 2. The third-order valence-corrected chi connectivity index (χ3v) is 9.69. The van der Waals surface area contributed by atoms with E-state index >= 15 is 0 Å². The topological polar surface area (TPSA) is 153 Å². The summed E-state index contributed by atoms with van der Waals surface area (Å²) in [7, 11) is 0. The van der Waals surface area contributed by atoms with Crippen LogP contribution in [0.25, 0.3) is 0 Å². The monoisotopic (exact) mass is 911 g/mol. The van der Waals surface area contributed by atoms with Gasteiger partial charge in [-0.25, -0.2) is 15.0 Å². The van der Waals surface area contributed by atoms with E-state index in [0.29, 0.717) is 71.1 Å². The lowest BCUT2D eigenvalue weighted by molar-refractivity contribution is 0.359. The Morgan fingerprint density at radius 2 is 0.908 bits per heavy atom. The van der Waals surface area contributed by atoms with Crippen LogP contribution in [0, 0.1) is 6.92 Å². The van der Waals surface area contributed by atoms with Crippen LogP contribution in [0.3, 0.4) is 0 Å². The van der Waals surface area contributed by atoms with Crippen LogP contribution in [0.15, 0.2) is 15.1 Å². The normalized spacial score (nSPS) is 11.2. The van der Waals surface area contributed by atoms with Crippen LogP contribution in [0.5, 0.6) is 0 Å². The Morgan fingerprint density at radius 3 is 1.15 bits per heavy atom. The minimum absolute atomic E-state index is 0. The van der Waals surface area contributed by atoms with Crippen molar-refractivity contribution in [2.24, 2.45) is 0 Å². The molecule has 0 saturated heterocycles. The molecule has 2 N–H and O–H groups in total. The highest BCUT2D eigenvalue weighted by Crippen LogP contribution is 2.30. The Balaban J connectivity index is -0.000000737. The Morgan fingerprint density at radius 1 is 0.446 bits per heavy atom. The number of aromatic amines is 2. The third-order valence-electron chi connectivity index (χ3n) is 9.69. The van der Waals surface area contributed by atoms with Crippen molar-refractivity contribution in [2.75, 3.05) is 0 Å². The number of hydrogen-bond acceptors (Lipinski definition) is 9. The molecule has 5 heterocycles. The van der Waals surface area contributed by atoms with Gasteiger partial charge in [0, 0.05) is 53.1 Å². The molecule has 0 aliphatic heterocycles. The van der Waals surface area contributed by atoms with Gasteiger partial charge < -0.3 is 18.9 Å². The average Bonchev–Trinajstić information content (AvgIpc) is 4.01. The molecule has 0 saturated carbocycles. The molecule has 65 heavy (non-hydrogen) atoms. The summed E-state index contributed by atoms with van der Waals surface area (Å²) in [4.78, 5) is 26.1. The van der Waals surface area contributed by atoms with E-state index in [9.17, 15) is 0 Å². The fraction of sp³-hybridized carbons (Fsp3) is 0.755. The van der Waals surface area contributed by atoms with Crippen molar-refractivity contribution in [3.05, 3.63) is 75.4 Å². The lowest BCUT2D eigenvalue weighted by Gasteiger charge is -2.07. The van der Waals surface area contributed by atoms with Crippen LogP contribution < -0.4 is 0 Å². The van der Waals surface area contributed by atoms with Crippen LogP contribution in [0.1, 0.15) is 329 Å². The number of rotatable bonds is 12. The van der Waals surface area contributed by atoms with E-state index in [-0.39, 0.29) is 22.3 Å². The lowest BCUT2D eigenvalue weighted by Crippen LogP contribution is -2.05. The first kappa shape index (κ1) is 65.2. The molecule has 5 rings (SSSR count). The van der Waals surface area contributed by atoms with Crippen molar-refractivity contribution in [3.63, 3.8) is 0 Å².